The van der Waals surface area contributed by atoms with Crippen LogP contribution in [0.2, 0.25) is 0 Å². The highest BCUT2D eigenvalue weighted by Gasteiger charge is 2.19. The van der Waals surface area contributed by atoms with Crippen LogP contribution in [0, 0.1) is 0 Å². The summed E-state index contributed by atoms with van der Waals surface area (Å²) >= 11 is 0. The van der Waals surface area contributed by atoms with E-state index < -0.39 is 0 Å². The zero-order valence-corrected chi connectivity index (χ0v) is 11.4. The number of rotatable bonds is 2. The normalized spacial score (nSPS) is 17.5. The molecular weight excluding hydrogens is 234 g/mol. The molecule has 1 heterocycles. The summed E-state index contributed by atoms with van der Waals surface area (Å²) in [5.74, 6) is 1.52. The third-order valence-electron chi connectivity index (χ3n) is 3.63. The summed E-state index contributed by atoms with van der Waals surface area (Å²) in [6, 6.07) is 17.1. The van der Waals surface area contributed by atoms with E-state index in [1.807, 2.05) is 18.2 Å². The van der Waals surface area contributed by atoms with Crippen molar-refractivity contribution < 1.29 is 4.74 Å². The molecule has 2 nitrogen and oxygen atoms in total. The van der Waals surface area contributed by atoms with Crippen LogP contribution in [0.25, 0.3) is 0 Å². The molecule has 2 aromatic rings. The standard InChI is InChI=1S/C17H19NO/c1-12(2)13-7-9-14(10-8-13)16-11-19-17-6-4-3-5-15(17)18-16/h3-10,12,16,18H,11H2,1-2H3. The molecule has 19 heavy (non-hydrogen) atoms. The molecule has 0 saturated heterocycles. The molecule has 0 spiro atoms. The van der Waals surface area contributed by atoms with Crippen LogP contribution < -0.4 is 10.1 Å². The quantitative estimate of drug-likeness (QED) is 0.858. The van der Waals surface area contributed by atoms with Gasteiger partial charge in [-0.1, -0.05) is 50.2 Å². The van der Waals surface area contributed by atoms with Gasteiger partial charge in [0.25, 0.3) is 0 Å². The topological polar surface area (TPSA) is 21.3 Å². The first-order valence-corrected chi connectivity index (χ1v) is 6.82. The summed E-state index contributed by atoms with van der Waals surface area (Å²) in [6.07, 6.45) is 0. The molecule has 0 saturated carbocycles. The second-order valence-electron chi connectivity index (χ2n) is 5.33. The molecule has 0 fully saturated rings. The number of hydrogen-bond acceptors (Lipinski definition) is 2. The van der Waals surface area contributed by atoms with Crippen LogP contribution in [-0.2, 0) is 0 Å². The second kappa shape index (κ2) is 4.96. The Morgan fingerprint density at radius 1 is 1.05 bits per heavy atom. The summed E-state index contributed by atoms with van der Waals surface area (Å²) < 4.78 is 5.81. The van der Waals surface area contributed by atoms with Crippen LogP contribution in [0.1, 0.15) is 36.9 Å². The van der Waals surface area contributed by atoms with E-state index >= 15 is 0 Å². The van der Waals surface area contributed by atoms with E-state index in [2.05, 4.69) is 49.5 Å². The number of para-hydroxylation sites is 2. The van der Waals surface area contributed by atoms with Crippen molar-refractivity contribution in [1.82, 2.24) is 0 Å². The molecule has 0 radical (unpaired) electrons. The third kappa shape index (κ3) is 2.43. The molecule has 1 atom stereocenters. The van der Waals surface area contributed by atoms with E-state index in [9.17, 15) is 0 Å². The van der Waals surface area contributed by atoms with Crippen molar-refractivity contribution in [2.75, 3.05) is 11.9 Å². The number of ether oxygens (including phenoxy) is 1. The Hall–Kier alpha value is -1.96. The molecular formula is C17H19NO. The van der Waals surface area contributed by atoms with Crippen molar-refractivity contribution in [3.63, 3.8) is 0 Å². The van der Waals surface area contributed by atoms with E-state index in [0.29, 0.717) is 12.5 Å². The zero-order valence-electron chi connectivity index (χ0n) is 11.4. The average Bonchev–Trinajstić information content (AvgIpc) is 2.47. The summed E-state index contributed by atoms with van der Waals surface area (Å²) in [5, 5.41) is 3.54. The molecule has 0 bridgehead atoms. The van der Waals surface area contributed by atoms with Crippen molar-refractivity contribution in [2.45, 2.75) is 25.8 Å². The van der Waals surface area contributed by atoms with Gasteiger partial charge in [-0.2, -0.15) is 0 Å². The smallest absolute Gasteiger partial charge is 0.142 e. The fourth-order valence-corrected chi connectivity index (χ4v) is 2.41. The van der Waals surface area contributed by atoms with Gasteiger partial charge in [-0.3, -0.25) is 0 Å². The number of fused-ring (bicyclic) bond motifs is 1. The Labute approximate surface area is 114 Å². The molecule has 0 amide bonds. The SMILES string of the molecule is CC(C)c1ccc(C2COc3ccccc3N2)cc1. The number of benzene rings is 2. The maximum Gasteiger partial charge on any atom is 0.142 e. The zero-order chi connectivity index (χ0) is 13.2. The predicted octanol–water partition coefficient (Wildman–Crippen LogP) is 4.36. The van der Waals surface area contributed by atoms with Gasteiger partial charge in [-0.15, -0.1) is 0 Å². The largest absolute Gasteiger partial charge is 0.489 e. The van der Waals surface area contributed by atoms with Gasteiger partial charge < -0.3 is 10.1 Å². The van der Waals surface area contributed by atoms with Crippen LogP contribution in [-0.4, -0.2) is 6.61 Å². The maximum absolute atomic E-state index is 5.81. The predicted molar refractivity (Wildman–Crippen MR) is 78.8 cm³/mol. The molecule has 2 heteroatoms. The lowest BCUT2D eigenvalue weighted by molar-refractivity contribution is 0.286. The summed E-state index contributed by atoms with van der Waals surface area (Å²) in [7, 11) is 0. The van der Waals surface area contributed by atoms with Crippen molar-refractivity contribution >= 4 is 5.69 Å². The van der Waals surface area contributed by atoms with Gasteiger partial charge in [0.2, 0.25) is 0 Å². The fraction of sp³-hybridized carbons (Fsp3) is 0.294. The molecule has 0 aliphatic carbocycles. The summed E-state index contributed by atoms with van der Waals surface area (Å²) in [5.41, 5.74) is 3.73. The minimum Gasteiger partial charge on any atom is -0.489 e. The van der Waals surface area contributed by atoms with Gasteiger partial charge in [-0.25, -0.2) is 0 Å². The highest BCUT2D eigenvalue weighted by atomic mass is 16.5. The number of hydrogen-bond donors (Lipinski definition) is 1. The van der Waals surface area contributed by atoms with E-state index in [1.165, 1.54) is 11.1 Å². The van der Waals surface area contributed by atoms with Gasteiger partial charge in [0.15, 0.2) is 0 Å². The van der Waals surface area contributed by atoms with Crippen LogP contribution in [0.4, 0.5) is 5.69 Å². The van der Waals surface area contributed by atoms with Gasteiger partial charge in [0, 0.05) is 0 Å². The van der Waals surface area contributed by atoms with Crippen molar-refractivity contribution in [1.29, 1.82) is 0 Å². The average molecular weight is 253 g/mol. The Kier molecular flexibility index (Phi) is 3.16. The maximum atomic E-state index is 5.81. The first kappa shape index (κ1) is 12.1. The van der Waals surface area contributed by atoms with Crippen molar-refractivity contribution in [3.8, 4) is 5.75 Å². The van der Waals surface area contributed by atoms with Gasteiger partial charge in [-0.05, 0) is 29.2 Å². The molecule has 1 aliphatic rings. The molecule has 1 aliphatic heterocycles. The Bertz CT molecular complexity index is 560. The summed E-state index contributed by atoms with van der Waals surface area (Å²) in [6.45, 7) is 5.11. The Morgan fingerprint density at radius 2 is 1.79 bits per heavy atom. The second-order valence-corrected chi connectivity index (χ2v) is 5.33. The molecule has 2 aromatic carbocycles. The number of anilines is 1. The van der Waals surface area contributed by atoms with Crippen molar-refractivity contribution in [3.05, 3.63) is 59.7 Å². The van der Waals surface area contributed by atoms with Gasteiger partial charge >= 0.3 is 0 Å². The van der Waals surface area contributed by atoms with E-state index in [0.717, 1.165) is 11.4 Å². The van der Waals surface area contributed by atoms with E-state index in [1.54, 1.807) is 0 Å². The minimum absolute atomic E-state index is 0.233. The monoisotopic (exact) mass is 253 g/mol. The molecule has 1 unspecified atom stereocenters. The van der Waals surface area contributed by atoms with Crippen LogP contribution >= 0.6 is 0 Å². The van der Waals surface area contributed by atoms with E-state index in [4.69, 9.17) is 4.74 Å². The molecule has 1 N–H and O–H groups in total. The lowest BCUT2D eigenvalue weighted by Gasteiger charge is -2.27. The Morgan fingerprint density at radius 3 is 2.53 bits per heavy atom. The van der Waals surface area contributed by atoms with Gasteiger partial charge in [0.05, 0.1) is 11.7 Å². The fourth-order valence-electron chi connectivity index (χ4n) is 2.41. The van der Waals surface area contributed by atoms with Crippen molar-refractivity contribution in [2.24, 2.45) is 0 Å². The number of nitrogens with one attached hydrogen (secondary N) is 1. The molecule has 3 rings (SSSR count). The molecule has 0 aromatic heterocycles. The van der Waals surface area contributed by atoms with E-state index in [-0.39, 0.29) is 6.04 Å². The van der Waals surface area contributed by atoms with Crippen LogP contribution in [0.15, 0.2) is 48.5 Å². The first-order valence-electron chi connectivity index (χ1n) is 6.82. The lowest BCUT2D eigenvalue weighted by Crippen LogP contribution is -2.23. The highest BCUT2D eigenvalue weighted by Crippen LogP contribution is 2.33. The summed E-state index contributed by atoms with van der Waals surface area (Å²) in [4.78, 5) is 0. The molecule has 98 valence electrons. The first-order chi connectivity index (χ1) is 9.24. The Balaban J connectivity index is 1.81. The third-order valence-corrected chi connectivity index (χ3v) is 3.63. The van der Waals surface area contributed by atoms with Crippen LogP contribution in [0.5, 0.6) is 5.75 Å². The minimum atomic E-state index is 0.233. The van der Waals surface area contributed by atoms with Crippen LogP contribution in [0.3, 0.4) is 0 Å². The highest BCUT2D eigenvalue weighted by molar-refractivity contribution is 5.59. The van der Waals surface area contributed by atoms with Gasteiger partial charge in [0.1, 0.15) is 12.4 Å². The lowest BCUT2D eigenvalue weighted by atomic mass is 9.99.